The van der Waals surface area contributed by atoms with Crippen LogP contribution in [0.25, 0.3) is 0 Å². The van der Waals surface area contributed by atoms with Crippen LogP contribution in [0.3, 0.4) is 0 Å². The second-order valence-electron chi connectivity index (χ2n) is 14.4. The van der Waals surface area contributed by atoms with E-state index in [2.05, 4.69) is 10.1 Å². The van der Waals surface area contributed by atoms with Crippen LogP contribution in [0.2, 0.25) is 0 Å². The molecule has 51 heavy (non-hydrogen) atoms. The Bertz CT molecular complexity index is 874. The molecule has 0 saturated carbocycles. The monoisotopic (exact) mass is 731 g/mol. The Morgan fingerprint density at radius 1 is 0.471 bits per heavy atom. The average Bonchev–Trinajstić information content (AvgIpc) is 3.08. The zero-order valence-corrected chi connectivity index (χ0v) is 32.7. The van der Waals surface area contributed by atoms with Gasteiger partial charge in [0.2, 0.25) is 5.91 Å². The van der Waals surface area contributed by atoms with Gasteiger partial charge in [-0.15, -0.1) is 0 Å². The molecule has 0 heterocycles. The van der Waals surface area contributed by atoms with Gasteiger partial charge >= 0.3 is 23.9 Å². The number of rotatable bonds is 33. The SMILES string of the molecule is COC(=O)CCCCCCCCCCC(=O)NC(COCCC(=O)OCC(C)C)(COCCC(=O)OCC(C)C)COCCC(=O)OCC(C)C. The van der Waals surface area contributed by atoms with Gasteiger partial charge in [0.05, 0.1) is 85.8 Å². The summed E-state index contributed by atoms with van der Waals surface area (Å²) in [5, 5.41) is 3.05. The van der Waals surface area contributed by atoms with Crippen molar-refractivity contribution in [1.29, 1.82) is 0 Å². The summed E-state index contributed by atoms with van der Waals surface area (Å²) in [5.74, 6) is -0.902. The molecular weight excluding hydrogens is 662 g/mol. The molecule has 0 unspecified atom stereocenters. The molecule has 0 bridgehead atoms. The number of unbranched alkanes of at least 4 members (excludes halogenated alkanes) is 7. The molecule has 0 saturated heterocycles. The fraction of sp³-hybridized carbons (Fsp3) is 0.868. The van der Waals surface area contributed by atoms with Crippen molar-refractivity contribution in [2.45, 2.75) is 131 Å². The van der Waals surface area contributed by atoms with E-state index in [4.69, 9.17) is 28.4 Å². The first-order valence-corrected chi connectivity index (χ1v) is 18.9. The van der Waals surface area contributed by atoms with Crippen LogP contribution in [0.15, 0.2) is 0 Å². The first-order valence-electron chi connectivity index (χ1n) is 18.9. The summed E-state index contributed by atoms with van der Waals surface area (Å²) in [6.45, 7) is 12.7. The van der Waals surface area contributed by atoms with Crippen molar-refractivity contribution < 1.29 is 57.1 Å². The molecule has 0 rings (SSSR count). The van der Waals surface area contributed by atoms with Crippen LogP contribution in [0, 0.1) is 17.8 Å². The summed E-state index contributed by atoms with van der Waals surface area (Å²) in [4.78, 5) is 61.0. The highest BCUT2D eigenvalue weighted by atomic mass is 16.6. The number of carbonyl (C=O) groups is 5. The Morgan fingerprint density at radius 3 is 1.14 bits per heavy atom. The number of hydrogen-bond donors (Lipinski definition) is 1. The largest absolute Gasteiger partial charge is 0.469 e. The lowest BCUT2D eigenvalue weighted by atomic mass is 10.0. The molecule has 0 aliphatic heterocycles. The predicted molar refractivity (Wildman–Crippen MR) is 193 cm³/mol. The van der Waals surface area contributed by atoms with Crippen molar-refractivity contribution in [2.75, 3.05) is 66.6 Å². The Kier molecular flexibility index (Phi) is 29.1. The summed E-state index contributed by atoms with van der Waals surface area (Å²) in [7, 11) is 1.40. The molecule has 0 radical (unpaired) electrons. The van der Waals surface area contributed by atoms with Gasteiger partial charge in [0.15, 0.2) is 0 Å². The summed E-state index contributed by atoms with van der Waals surface area (Å²) in [5.41, 5.74) is -1.16. The van der Waals surface area contributed by atoms with Gasteiger partial charge in [0, 0.05) is 12.8 Å². The lowest BCUT2D eigenvalue weighted by Gasteiger charge is -2.34. The van der Waals surface area contributed by atoms with Crippen LogP contribution in [0.5, 0.6) is 0 Å². The number of methoxy groups -OCH3 is 1. The predicted octanol–water partition coefficient (Wildman–Crippen LogP) is 5.73. The van der Waals surface area contributed by atoms with Crippen molar-refractivity contribution in [3.8, 4) is 0 Å². The van der Waals surface area contributed by atoms with Crippen LogP contribution in [-0.2, 0) is 57.1 Å². The van der Waals surface area contributed by atoms with Gasteiger partial charge in [-0.1, -0.05) is 80.1 Å². The number of carbonyl (C=O) groups excluding carboxylic acids is 5. The van der Waals surface area contributed by atoms with Gasteiger partial charge < -0.3 is 38.5 Å². The first-order chi connectivity index (χ1) is 24.3. The molecular formula is C38H69NO12. The molecule has 0 aliphatic rings. The number of esters is 4. The van der Waals surface area contributed by atoms with Crippen molar-refractivity contribution in [1.82, 2.24) is 5.32 Å². The molecule has 0 aromatic rings. The maximum absolute atomic E-state index is 13.3. The standard InChI is InChI=1S/C38H69NO12/c1-30(2)24-49-35(42)18-21-46-27-38(28-47-22-19-36(43)50-25-31(3)4,29-48-23-20-37(44)51-26-32(5)6)39-33(40)16-14-12-10-8-9-11-13-15-17-34(41)45-7/h30-32H,8-29H2,1-7H3,(H,39,40). The zero-order valence-electron chi connectivity index (χ0n) is 32.7. The average molecular weight is 732 g/mol. The number of nitrogens with one attached hydrogen (secondary N) is 1. The molecule has 0 aromatic heterocycles. The zero-order chi connectivity index (χ0) is 38.3. The Hall–Kier alpha value is -2.77. The molecule has 13 heteroatoms. The molecule has 1 amide bonds. The lowest BCUT2D eigenvalue weighted by molar-refractivity contribution is -0.147. The van der Waals surface area contributed by atoms with Gasteiger partial charge in [-0.05, 0) is 30.6 Å². The topological polar surface area (TPSA) is 162 Å². The number of amides is 1. The van der Waals surface area contributed by atoms with Crippen LogP contribution in [-0.4, -0.2) is 102 Å². The number of ether oxygens (including phenoxy) is 7. The third kappa shape index (κ3) is 30.6. The van der Waals surface area contributed by atoms with Crippen LogP contribution < -0.4 is 5.32 Å². The molecule has 0 atom stereocenters. The van der Waals surface area contributed by atoms with Crippen molar-refractivity contribution in [2.24, 2.45) is 17.8 Å². The highest BCUT2D eigenvalue weighted by Gasteiger charge is 2.34. The van der Waals surface area contributed by atoms with Crippen molar-refractivity contribution in [3.05, 3.63) is 0 Å². The normalized spacial score (nSPS) is 11.6. The second kappa shape index (κ2) is 30.8. The fourth-order valence-electron chi connectivity index (χ4n) is 4.57. The van der Waals surface area contributed by atoms with Crippen LogP contribution in [0.1, 0.15) is 125 Å². The summed E-state index contributed by atoms with van der Waals surface area (Å²) < 4.78 is 38.1. The van der Waals surface area contributed by atoms with E-state index < -0.39 is 5.54 Å². The Balaban J connectivity index is 5.31. The third-order valence-corrected chi connectivity index (χ3v) is 7.39. The number of hydrogen-bond acceptors (Lipinski definition) is 12. The molecule has 0 spiro atoms. The van der Waals surface area contributed by atoms with Crippen molar-refractivity contribution >= 4 is 29.8 Å². The summed E-state index contributed by atoms with van der Waals surface area (Å²) >= 11 is 0. The smallest absolute Gasteiger partial charge is 0.308 e. The highest BCUT2D eigenvalue weighted by molar-refractivity contribution is 5.77. The molecule has 0 fully saturated rings. The minimum atomic E-state index is -1.16. The van der Waals surface area contributed by atoms with Crippen LogP contribution in [0.4, 0.5) is 0 Å². The minimum Gasteiger partial charge on any atom is -0.469 e. The molecule has 13 nitrogen and oxygen atoms in total. The third-order valence-electron chi connectivity index (χ3n) is 7.39. The minimum absolute atomic E-state index is 0.0348. The van der Waals surface area contributed by atoms with Crippen LogP contribution >= 0.6 is 0 Å². The molecule has 1 N–H and O–H groups in total. The van der Waals surface area contributed by atoms with E-state index in [1.165, 1.54) is 7.11 Å². The van der Waals surface area contributed by atoms with Crippen molar-refractivity contribution in [3.63, 3.8) is 0 Å². The van der Waals surface area contributed by atoms with Gasteiger partial charge in [-0.25, -0.2) is 0 Å². The van der Waals surface area contributed by atoms with E-state index in [1.54, 1.807) is 0 Å². The Labute approximate surface area is 306 Å². The first kappa shape index (κ1) is 48.2. The van der Waals surface area contributed by atoms with E-state index in [9.17, 15) is 24.0 Å². The second-order valence-corrected chi connectivity index (χ2v) is 14.4. The van der Waals surface area contributed by atoms with E-state index in [0.29, 0.717) is 32.7 Å². The summed E-state index contributed by atoms with van der Waals surface area (Å²) in [6, 6.07) is 0. The van der Waals surface area contributed by atoms with E-state index in [-0.39, 0.29) is 113 Å². The molecule has 0 aromatic carbocycles. The fourth-order valence-corrected chi connectivity index (χ4v) is 4.57. The maximum atomic E-state index is 13.3. The van der Waals surface area contributed by atoms with Gasteiger partial charge in [0.25, 0.3) is 0 Å². The van der Waals surface area contributed by atoms with Gasteiger partial charge in [-0.3, -0.25) is 24.0 Å². The summed E-state index contributed by atoms with van der Waals surface area (Å²) in [6.07, 6.45) is 8.42. The molecule has 0 aliphatic carbocycles. The quantitative estimate of drug-likeness (QED) is 0.0496. The maximum Gasteiger partial charge on any atom is 0.308 e. The van der Waals surface area contributed by atoms with Gasteiger partial charge in [0.1, 0.15) is 5.54 Å². The Morgan fingerprint density at radius 2 is 0.804 bits per heavy atom. The molecule has 298 valence electrons. The highest BCUT2D eigenvalue weighted by Crippen LogP contribution is 2.14. The van der Waals surface area contributed by atoms with E-state index in [0.717, 1.165) is 44.9 Å². The van der Waals surface area contributed by atoms with Gasteiger partial charge in [-0.2, -0.15) is 0 Å². The van der Waals surface area contributed by atoms with E-state index >= 15 is 0 Å². The van der Waals surface area contributed by atoms with E-state index in [1.807, 2.05) is 41.5 Å². The lowest BCUT2D eigenvalue weighted by Crippen LogP contribution is -2.58.